The number of ether oxygens (including phenoxy) is 1. The summed E-state index contributed by atoms with van der Waals surface area (Å²) in [5.41, 5.74) is -0.783. The highest BCUT2D eigenvalue weighted by atomic mass is 16.5. The van der Waals surface area contributed by atoms with E-state index in [1.54, 1.807) is 11.9 Å². The van der Waals surface area contributed by atoms with Crippen LogP contribution in [0.1, 0.15) is 51.4 Å². The molecule has 2 saturated carbocycles. The van der Waals surface area contributed by atoms with E-state index in [-0.39, 0.29) is 30.0 Å². The highest BCUT2D eigenvalue weighted by molar-refractivity contribution is 5.94. The third kappa shape index (κ3) is 4.10. The van der Waals surface area contributed by atoms with Crippen LogP contribution < -0.4 is 0 Å². The van der Waals surface area contributed by atoms with Crippen LogP contribution in [0, 0.1) is 23.2 Å². The van der Waals surface area contributed by atoms with Gasteiger partial charge in [0, 0.05) is 31.8 Å². The molecule has 5 atom stereocenters. The van der Waals surface area contributed by atoms with Gasteiger partial charge in [-0.05, 0) is 50.9 Å². The third-order valence-corrected chi connectivity index (χ3v) is 6.63. The molecular weight excluding hydrogens is 346 g/mol. The maximum absolute atomic E-state index is 13.2. The number of aliphatic hydroxyl groups is 1. The van der Waals surface area contributed by atoms with E-state index in [2.05, 4.69) is 12.2 Å². The van der Waals surface area contributed by atoms with Gasteiger partial charge in [-0.1, -0.05) is 12.2 Å². The summed E-state index contributed by atoms with van der Waals surface area (Å²) in [5, 5.41) is 10.1. The van der Waals surface area contributed by atoms with E-state index >= 15 is 0 Å². The van der Waals surface area contributed by atoms with Gasteiger partial charge in [0.05, 0.1) is 18.6 Å². The zero-order valence-electron chi connectivity index (χ0n) is 16.4. The molecule has 150 valence electrons. The van der Waals surface area contributed by atoms with E-state index in [9.17, 15) is 19.5 Å². The normalized spacial score (nSPS) is 39.0. The van der Waals surface area contributed by atoms with Gasteiger partial charge in [-0.3, -0.25) is 14.4 Å². The summed E-state index contributed by atoms with van der Waals surface area (Å²) in [6.07, 6.45) is 8.47. The number of esters is 1. The SMILES string of the molecule is COC(=O)[C@]12CC(=O)[C@@H]3C[C@H](O)CC[C@H]3C(=O)N(C)CCCC/C=C\[C@H]1C2. The highest BCUT2D eigenvalue weighted by Crippen LogP contribution is 2.58. The smallest absolute Gasteiger partial charge is 0.312 e. The van der Waals surface area contributed by atoms with Crippen LogP contribution in [0.4, 0.5) is 0 Å². The van der Waals surface area contributed by atoms with Crippen LogP contribution in [0.15, 0.2) is 12.2 Å². The largest absolute Gasteiger partial charge is 0.469 e. The van der Waals surface area contributed by atoms with E-state index in [1.807, 2.05) is 0 Å². The molecule has 3 aliphatic rings. The molecule has 1 aliphatic heterocycles. The van der Waals surface area contributed by atoms with Crippen LogP contribution >= 0.6 is 0 Å². The number of ketones is 1. The number of hydrogen-bond acceptors (Lipinski definition) is 5. The second-order valence-electron chi connectivity index (χ2n) is 8.47. The van der Waals surface area contributed by atoms with Gasteiger partial charge in [-0.25, -0.2) is 0 Å². The molecule has 0 aromatic rings. The minimum atomic E-state index is -0.783. The predicted molar refractivity (Wildman–Crippen MR) is 99.6 cm³/mol. The number of nitrogens with zero attached hydrogens (tertiary/aromatic N) is 1. The molecule has 0 bridgehead atoms. The molecule has 3 rings (SSSR count). The van der Waals surface area contributed by atoms with Crippen molar-refractivity contribution in [3.63, 3.8) is 0 Å². The lowest BCUT2D eigenvalue weighted by Crippen LogP contribution is -2.44. The van der Waals surface area contributed by atoms with Crippen LogP contribution in [0.3, 0.4) is 0 Å². The fourth-order valence-corrected chi connectivity index (χ4v) is 4.81. The van der Waals surface area contributed by atoms with Crippen molar-refractivity contribution in [1.82, 2.24) is 4.90 Å². The number of hydrogen-bond donors (Lipinski definition) is 1. The van der Waals surface area contributed by atoms with Gasteiger partial charge in [-0.15, -0.1) is 0 Å². The Labute approximate surface area is 160 Å². The number of aliphatic hydroxyl groups excluding tert-OH is 1. The average Bonchev–Trinajstić information content (AvgIpc) is 3.35. The van der Waals surface area contributed by atoms with E-state index in [4.69, 9.17) is 4.74 Å². The first-order valence-corrected chi connectivity index (χ1v) is 10.1. The van der Waals surface area contributed by atoms with Crippen LogP contribution in [0.5, 0.6) is 0 Å². The summed E-state index contributed by atoms with van der Waals surface area (Å²) < 4.78 is 5.00. The van der Waals surface area contributed by atoms with E-state index < -0.39 is 23.4 Å². The maximum atomic E-state index is 13.2. The molecule has 0 spiro atoms. The first-order chi connectivity index (χ1) is 12.9. The van der Waals surface area contributed by atoms with Gasteiger partial charge in [0.25, 0.3) is 0 Å². The van der Waals surface area contributed by atoms with Gasteiger partial charge >= 0.3 is 5.97 Å². The number of carbonyl (C=O) groups is 3. The number of fused-ring (bicyclic) bond motifs is 2. The van der Waals surface area contributed by atoms with Gasteiger partial charge in [0.2, 0.25) is 5.91 Å². The van der Waals surface area contributed by atoms with Gasteiger partial charge in [0.15, 0.2) is 0 Å². The summed E-state index contributed by atoms with van der Waals surface area (Å²) >= 11 is 0. The number of methoxy groups -OCH3 is 1. The lowest BCUT2D eigenvalue weighted by Gasteiger charge is -2.35. The van der Waals surface area contributed by atoms with Crippen molar-refractivity contribution < 1.29 is 24.2 Å². The molecule has 1 heterocycles. The molecular formula is C21H31NO5. The Hall–Kier alpha value is -1.69. The minimum absolute atomic E-state index is 0.00711. The Morgan fingerprint density at radius 1 is 1.26 bits per heavy atom. The van der Waals surface area contributed by atoms with Gasteiger partial charge < -0.3 is 14.7 Å². The molecule has 27 heavy (non-hydrogen) atoms. The number of Topliss-reactive ketones (excluding diaryl/α,β-unsaturated/α-hetero) is 1. The Morgan fingerprint density at radius 3 is 2.78 bits per heavy atom. The van der Waals surface area contributed by atoms with Crippen LogP contribution in [-0.4, -0.2) is 54.5 Å². The molecule has 6 nitrogen and oxygen atoms in total. The average molecular weight is 377 g/mol. The lowest BCUT2D eigenvalue weighted by molar-refractivity contribution is -0.151. The van der Waals surface area contributed by atoms with Crippen molar-refractivity contribution in [2.45, 2.75) is 57.5 Å². The topological polar surface area (TPSA) is 83.9 Å². The Bertz CT molecular complexity index is 630. The van der Waals surface area contributed by atoms with Crippen molar-refractivity contribution in [2.75, 3.05) is 20.7 Å². The van der Waals surface area contributed by atoms with Gasteiger partial charge in [-0.2, -0.15) is 0 Å². The zero-order valence-corrected chi connectivity index (χ0v) is 16.4. The highest BCUT2D eigenvalue weighted by Gasteiger charge is 2.61. The van der Waals surface area contributed by atoms with Crippen molar-refractivity contribution in [3.05, 3.63) is 12.2 Å². The first-order valence-electron chi connectivity index (χ1n) is 10.1. The fraction of sp³-hybridized carbons (Fsp3) is 0.762. The number of carbonyl (C=O) groups excluding carboxylic acids is 3. The maximum Gasteiger partial charge on any atom is 0.312 e. The predicted octanol–water partition coefficient (Wildman–Crippen LogP) is 2.10. The van der Waals surface area contributed by atoms with Crippen molar-refractivity contribution in [1.29, 1.82) is 0 Å². The molecule has 1 amide bonds. The van der Waals surface area contributed by atoms with E-state index in [0.717, 1.165) is 19.3 Å². The quantitative estimate of drug-likeness (QED) is 0.559. The van der Waals surface area contributed by atoms with Crippen LogP contribution in [0.25, 0.3) is 0 Å². The standard InChI is InChI=1S/C21H31NO5/c1-22-10-6-4-3-5-7-14-12-21(14,20(26)27-2)13-18(24)17-11-15(23)8-9-16(17)19(22)25/h5,7,14-17,23H,3-4,6,8-13H2,1-2H3/b7-5-/t14-,15+,16+,17+,21+/m0/s1. The van der Waals surface area contributed by atoms with Crippen molar-refractivity contribution >= 4 is 17.7 Å². The summed E-state index contributed by atoms with van der Waals surface area (Å²) in [5.74, 6) is -1.31. The van der Waals surface area contributed by atoms with Crippen LogP contribution in [-0.2, 0) is 19.1 Å². The van der Waals surface area contributed by atoms with Crippen molar-refractivity contribution in [2.24, 2.45) is 23.2 Å². The molecule has 0 aromatic carbocycles. The van der Waals surface area contributed by atoms with E-state index in [0.29, 0.717) is 32.2 Å². The first kappa shape index (κ1) is 20.1. The van der Waals surface area contributed by atoms with Gasteiger partial charge in [0.1, 0.15) is 5.78 Å². The molecule has 2 aliphatic carbocycles. The van der Waals surface area contributed by atoms with E-state index in [1.165, 1.54) is 7.11 Å². The molecule has 2 fully saturated rings. The Kier molecular flexibility index (Phi) is 6.04. The second-order valence-corrected chi connectivity index (χ2v) is 8.47. The number of rotatable bonds is 1. The molecule has 0 radical (unpaired) electrons. The summed E-state index contributed by atoms with van der Waals surface area (Å²) in [6, 6.07) is 0. The Balaban J connectivity index is 1.87. The molecule has 6 heteroatoms. The number of amides is 1. The molecule has 0 unspecified atom stereocenters. The van der Waals surface area contributed by atoms with Crippen LogP contribution in [0.2, 0.25) is 0 Å². The zero-order chi connectivity index (χ0) is 19.6. The monoisotopic (exact) mass is 377 g/mol. The summed E-state index contributed by atoms with van der Waals surface area (Å²) in [7, 11) is 3.15. The molecule has 1 N–H and O–H groups in total. The molecule has 0 saturated heterocycles. The third-order valence-electron chi connectivity index (χ3n) is 6.63. The minimum Gasteiger partial charge on any atom is -0.469 e. The number of allylic oxidation sites excluding steroid dienone is 2. The lowest BCUT2D eigenvalue weighted by atomic mass is 9.72. The summed E-state index contributed by atoms with van der Waals surface area (Å²) in [4.78, 5) is 40.3. The Morgan fingerprint density at radius 2 is 2.04 bits per heavy atom. The molecule has 0 aromatic heterocycles. The summed E-state index contributed by atoms with van der Waals surface area (Å²) in [6.45, 7) is 0.683. The second kappa shape index (κ2) is 8.13. The fourth-order valence-electron chi connectivity index (χ4n) is 4.81. The van der Waals surface area contributed by atoms with Crippen molar-refractivity contribution in [3.8, 4) is 0 Å².